The summed E-state index contributed by atoms with van der Waals surface area (Å²) >= 11 is 0. The Bertz CT molecular complexity index is 209. The van der Waals surface area contributed by atoms with Gasteiger partial charge in [-0.15, -0.1) is 0 Å². The average molecular weight is 201 g/mol. The number of carbonyl (C=O) groups excluding carboxylic acids is 1. The lowest BCUT2D eigenvalue weighted by molar-refractivity contribution is -0.144. The molecule has 0 fully saturated rings. The Kier molecular flexibility index (Phi) is 4.13. The van der Waals surface area contributed by atoms with Gasteiger partial charge in [0.15, 0.2) is 0 Å². The second-order valence-electron chi connectivity index (χ2n) is 4.66. The van der Waals surface area contributed by atoms with Gasteiger partial charge in [-0.1, -0.05) is 13.3 Å². The van der Waals surface area contributed by atoms with Crippen molar-refractivity contribution in [2.45, 2.75) is 58.6 Å². The van der Waals surface area contributed by atoms with Crippen molar-refractivity contribution in [2.75, 3.05) is 7.05 Å². The fourth-order valence-corrected chi connectivity index (χ4v) is 1.55. The molecule has 0 spiro atoms. The topological polar surface area (TPSA) is 40.5 Å². The fraction of sp³-hybridized carbons (Fsp3) is 0.909. The molecule has 1 N–H and O–H groups in total. The molecule has 1 unspecified atom stereocenters. The third-order valence-corrected chi connectivity index (χ3v) is 3.37. The van der Waals surface area contributed by atoms with Crippen molar-refractivity contribution in [3.63, 3.8) is 0 Å². The maximum atomic E-state index is 11.3. The monoisotopic (exact) mass is 201 g/mol. The predicted molar refractivity (Wildman–Crippen MR) is 58.1 cm³/mol. The summed E-state index contributed by atoms with van der Waals surface area (Å²) < 4.78 is 0. The molecule has 3 heteroatoms. The molecule has 0 bridgehead atoms. The van der Waals surface area contributed by atoms with Crippen LogP contribution in [0.1, 0.15) is 47.5 Å². The van der Waals surface area contributed by atoms with E-state index in [-0.39, 0.29) is 5.91 Å². The maximum Gasteiger partial charge on any atom is 0.219 e. The summed E-state index contributed by atoms with van der Waals surface area (Å²) in [5.41, 5.74) is -1.38. The first kappa shape index (κ1) is 13.4. The van der Waals surface area contributed by atoms with E-state index in [1.807, 2.05) is 20.8 Å². The highest BCUT2D eigenvalue weighted by atomic mass is 16.3. The van der Waals surface area contributed by atoms with Gasteiger partial charge in [-0.05, 0) is 27.2 Å². The lowest BCUT2D eigenvalue weighted by atomic mass is 9.79. The summed E-state index contributed by atoms with van der Waals surface area (Å²) in [5, 5.41) is 10.3. The maximum absolute atomic E-state index is 11.3. The normalized spacial score (nSPS) is 16.2. The smallest absolute Gasteiger partial charge is 0.219 e. The minimum absolute atomic E-state index is 0.0219. The van der Waals surface area contributed by atoms with Gasteiger partial charge < -0.3 is 10.0 Å². The van der Waals surface area contributed by atoms with E-state index in [2.05, 4.69) is 0 Å². The summed E-state index contributed by atoms with van der Waals surface area (Å²) in [6.45, 7) is 9.12. The van der Waals surface area contributed by atoms with Crippen molar-refractivity contribution in [1.29, 1.82) is 0 Å². The van der Waals surface area contributed by atoms with Crippen LogP contribution in [0.25, 0.3) is 0 Å². The standard InChI is InChI=1S/C11H23NO2/c1-7-8-11(5,14)10(3,4)12(6)9(2)13/h14H,7-8H2,1-6H3. The van der Waals surface area contributed by atoms with Gasteiger partial charge in [-0.3, -0.25) is 4.79 Å². The van der Waals surface area contributed by atoms with E-state index in [0.717, 1.165) is 6.42 Å². The zero-order chi connectivity index (χ0) is 11.6. The Morgan fingerprint density at radius 2 is 1.79 bits per heavy atom. The third-order valence-electron chi connectivity index (χ3n) is 3.37. The van der Waals surface area contributed by atoms with Crippen LogP contribution in [0, 0.1) is 0 Å². The number of rotatable bonds is 4. The Morgan fingerprint density at radius 3 is 2.07 bits per heavy atom. The molecule has 0 rings (SSSR count). The molecule has 0 aromatic carbocycles. The molecule has 1 atom stereocenters. The van der Waals surface area contributed by atoms with E-state index in [4.69, 9.17) is 0 Å². The minimum Gasteiger partial charge on any atom is -0.388 e. The number of hydrogen-bond acceptors (Lipinski definition) is 2. The molecule has 3 nitrogen and oxygen atoms in total. The fourth-order valence-electron chi connectivity index (χ4n) is 1.55. The second-order valence-corrected chi connectivity index (χ2v) is 4.66. The first-order chi connectivity index (χ1) is 6.16. The van der Waals surface area contributed by atoms with E-state index < -0.39 is 11.1 Å². The molecule has 0 aliphatic heterocycles. The molecule has 1 amide bonds. The predicted octanol–water partition coefficient (Wildman–Crippen LogP) is 1.79. The van der Waals surface area contributed by atoms with Gasteiger partial charge in [-0.2, -0.15) is 0 Å². The quantitative estimate of drug-likeness (QED) is 0.753. The van der Waals surface area contributed by atoms with E-state index in [1.165, 1.54) is 6.92 Å². The van der Waals surface area contributed by atoms with Gasteiger partial charge in [0.2, 0.25) is 5.91 Å². The lowest BCUT2D eigenvalue weighted by Crippen LogP contribution is -2.59. The van der Waals surface area contributed by atoms with E-state index in [1.54, 1.807) is 18.9 Å². The van der Waals surface area contributed by atoms with E-state index >= 15 is 0 Å². The van der Waals surface area contributed by atoms with Crippen LogP contribution >= 0.6 is 0 Å². The van der Waals surface area contributed by atoms with Crippen LogP contribution in [-0.4, -0.2) is 34.1 Å². The molecular formula is C11H23NO2. The number of carbonyl (C=O) groups is 1. The van der Waals surface area contributed by atoms with Crippen molar-refractivity contribution in [1.82, 2.24) is 4.90 Å². The SMILES string of the molecule is CCCC(C)(O)C(C)(C)N(C)C(C)=O. The Balaban J connectivity index is 4.83. The van der Waals surface area contributed by atoms with Gasteiger partial charge >= 0.3 is 0 Å². The lowest BCUT2D eigenvalue weighted by Gasteiger charge is -2.46. The first-order valence-electron chi connectivity index (χ1n) is 5.13. The van der Waals surface area contributed by atoms with Crippen LogP contribution in [0.2, 0.25) is 0 Å². The van der Waals surface area contributed by atoms with Crippen molar-refractivity contribution < 1.29 is 9.90 Å². The number of nitrogens with zero attached hydrogens (tertiary/aromatic N) is 1. The minimum atomic E-state index is -0.845. The highest BCUT2D eigenvalue weighted by Crippen LogP contribution is 2.31. The van der Waals surface area contributed by atoms with Crippen LogP contribution in [0.5, 0.6) is 0 Å². The summed E-state index contributed by atoms with van der Waals surface area (Å²) in [5.74, 6) is -0.0219. The largest absolute Gasteiger partial charge is 0.388 e. The molecule has 14 heavy (non-hydrogen) atoms. The van der Waals surface area contributed by atoms with Gasteiger partial charge in [0, 0.05) is 14.0 Å². The van der Waals surface area contributed by atoms with E-state index in [0.29, 0.717) is 6.42 Å². The Morgan fingerprint density at radius 1 is 1.36 bits per heavy atom. The van der Waals surface area contributed by atoms with Crippen molar-refractivity contribution >= 4 is 5.91 Å². The molecule has 0 aromatic heterocycles. The summed E-state index contributed by atoms with van der Waals surface area (Å²) in [6, 6.07) is 0. The second kappa shape index (κ2) is 4.30. The summed E-state index contributed by atoms with van der Waals surface area (Å²) in [6.07, 6.45) is 1.60. The Hall–Kier alpha value is -0.570. The number of hydrogen-bond donors (Lipinski definition) is 1. The van der Waals surface area contributed by atoms with Gasteiger partial charge in [0.1, 0.15) is 0 Å². The average Bonchev–Trinajstić information content (AvgIpc) is 2.02. The molecular weight excluding hydrogens is 178 g/mol. The van der Waals surface area contributed by atoms with Crippen molar-refractivity contribution in [2.24, 2.45) is 0 Å². The Labute approximate surface area is 87.1 Å². The van der Waals surface area contributed by atoms with Gasteiger partial charge in [0.25, 0.3) is 0 Å². The molecule has 0 heterocycles. The van der Waals surface area contributed by atoms with Crippen LogP contribution in [0.4, 0.5) is 0 Å². The number of likely N-dealkylation sites (N-methyl/N-ethyl adjacent to an activating group) is 1. The van der Waals surface area contributed by atoms with Crippen LogP contribution in [0.15, 0.2) is 0 Å². The molecule has 0 aliphatic carbocycles. The van der Waals surface area contributed by atoms with Crippen LogP contribution in [0.3, 0.4) is 0 Å². The molecule has 0 aromatic rings. The summed E-state index contributed by atoms with van der Waals surface area (Å²) in [4.78, 5) is 12.9. The first-order valence-corrected chi connectivity index (χ1v) is 5.13. The van der Waals surface area contributed by atoms with Crippen LogP contribution < -0.4 is 0 Å². The van der Waals surface area contributed by atoms with Crippen molar-refractivity contribution in [3.05, 3.63) is 0 Å². The zero-order valence-corrected chi connectivity index (χ0v) is 10.2. The summed E-state index contributed by atoms with van der Waals surface area (Å²) in [7, 11) is 1.73. The number of amides is 1. The molecule has 0 saturated carbocycles. The molecule has 84 valence electrons. The van der Waals surface area contributed by atoms with E-state index in [9.17, 15) is 9.90 Å². The highest BCUT2D eigenvalue weighted by Gasteiger charge is 2.42. The van der Waals surface area contributed by atoms with Crippen LogP contribution in [-0.2, 0) is 4.79 Å². The highest BCUT2D eigenvalue weighted by molar-refractivity contribution is 5.73. The van der Waals surface area contributed by atoms with Gasteiger partial charge in [-0.25, -0.2) is 0 Å². The third kappa shape index (κ3) is 2.47. The van der Waals surface area contributed by atoms with Gasteiger partial charge in [0.05, 0.1) is 11.1 Å². The molecule has 0 radical (unpaired) electrons. The van der Waals surface area contributed by atoms with Crippen molar-refractivity contribution in [3.8, 4) is 0 Å². The molecule has 0 saturated heterocycles. The molecule has 0 aliphatic rings. The number of aliphatic hydroxyl groups is 1. The zero-order valence-electron chi connectivity index (χ0n) is 10.2.